The number of carbonyl (C=O) groups excluding carboxylic acids is 1. The SMILES string of the molecule is COc1ncc(-c2cnc(N(C(=O)OCc3ccccn3)[C@H]3CC[C@H](Nc4ncc(C(F)(F)F)c(N5CC(C)(O)C5)n4)CC3)nc2)cn1. The van der Waals surface area contributed by atoms with E-state index in [-0.39, 0.29) is 55.5 Å². The predicted octanol–water partition coefficient (Wildman–Crippen LogP) is 4.28. The van der Waals surface area contributed by atoms with Gasteiger partial charge in [0.15, 0.2) is 0 Å². The largest absolute Gasteiger partial charge is 0.467 e. The lowest BCUT2D eigenvalue weighted by atomic mass is 9.90. The number of aromatic nitrogens is 7. The number of nitrogens with zero attached hydrogens (tertiary/aromatic N) is 9. The van der Waals surface area contributed by atoms with E-state index in [1.165, 1.54) is 16.9 Å². The summed E-state index contributed by atoms with van der Waals surface area (Å²) in [5.41, 5.74) is -0.177. The average molecular weight is 667 g/mol. The number of nitrogens with one attached hydrogen (secondary N) is 1. The first kappa shape index (κ1) is 32.7. The number of alkyl halides is 3. The number of rotatable bonds is 9. The number of pyridine rings is 1. The van der Waals surface area contributed by atoms with Crippen LogP contribution in [0.25, 0.3) is 11.1 Å². The highest BCUT2D eigenvalue weighted by atomic mass is 19.4. The minimum atomic E-state index is -4.65. The Morgan fingerprint density at radius 1 is 1.00 bits per heavy atom. The van der Waals surface area contributed by atoms with Crippen molar-refractivity contribution in [3.63, 3.8) is 0 Å². The van der Waals surface area contributed by atoms with Crippen molar-refractivity contribution in [2.75, 3.05) is 35.3 Å². The van der Waals surface area contributed by atoms with Gasteiger partial charge in [0.2, 0.25) is 11.9 Å². The minimum absolute atomic E-state index is 0.0286. The topological polar surface area (TPSA) is 164 Å². The first-order chi connectivity index (χ1) is 23.0. The van der Waals surface area contributed by atoms with E-state index in [0.29, 0.717) is 42.5 Å². The Kier molecular flexibility index (Phi) is 9.21. The van der Waals surface area contributed by atoms with Gasteiger partial charge in [-0.05, 0) is 44.7 Å². The van der Waals surface area contributed by atoms with E-state index in [1.54, 1.807) is 56.1 Å². The number of halogens is 3. The van der Waals surface area contributed by atoms with Gasteiger partial charge in [0, 0.05) is 73.5 Å². The molecule has 4 aromatic rings. The second-order valence-electron chi connectivity index (χ2n) is 11.9. The molecule has 1 saturated heterocycles. The van der Waals surface area contributed by atoms with Crippen molar-refractivity contribution in [3.8, 4) is 17.1 Å². The molecule has 4 aromatic heterocycles. The molecule has 2 fully saturated rings. The Morgan fingerprint density at radius 2 is 1.67 bits per heavy atom. The third-order valence-electron chi connectivity index (χ3n) is 8.10. The van der Waals surface area contributed by atoms with E-state index < -0.39 is 23.4 Å². The summed E-state index contributed by atoms with van der Waals surface area (Å²) in [5, 5.41) is 13.3. The summed E-state index contributed by atoms with van der Waals surface area (Å²) < 4.78 is 51.8. The molecular weight excluding hydrogens is 633 g/mol. The third-order valence-corrected chi connectivity index (χ3v) is 8.10. The van der Waals surface area contributed by atoms with Crippen LogP contribution >= 0.6 is 0 Å². The molecule has 0 radical (unpaired) electrons. The van der Waals surface area contributed by atoms with Gasteiger partial charge in [-0.3, -0.25) is 4.98 Å². The van der Waals surface area contributed by atoms with Crippen LogP contribution in [0.5, 0.6) is 6.01 Å². The van der Waals surface area contributed by atoms with E-state index in [4.69, 9.17) is 9.47 Å². The van der Waals surface area contributed by atoms with E-state index in [2.05, 4.69) is 40.2 Å². The molecule has 252 valence electrons. The van der Waals surface area contributed by atoms with E-state index in [1.807, 2.05) is 0 Å². The van der Waals surface area contributed by atoms with Crippen LogP contribution in [0.3, 0.4) is 0 Å². The van der Waals surface area contributed by atoms with Gasteiger partial charge in [0.05, 0.1) is 18.4 Å². The predicted molar refractivity (Wildman–Crippen MR) is 166 cm³/mol. The number of anilines is 3. The van der Waals surface area contributed by atoms with Crippen molar-refractivity contribution in [1.82, 2.24) is 34.9 Å². The molecule has 1 amide bonds. The lowest BCUT2D eigenvalue weighted by Gasteiger charge is -2.45. The third kappa shape index (κ3) is 7.51. The Hall–Kier alpha value is -5.19. The Bertz CT molecular complexity index is 1700. The highest BCUT2D eigenvalue weighted by molar-refractivity contribution is 5.86. The lowest BCUT2D eigenvalue weighted by Crippen LogP contribution is -2.60. The molecule has 5 heterocycles. The lowest BCUT2D eigenvalue weighted by molar-refractivity contribution is -0.137. The Labute approximate surface area is 273 Å². The van der Waals surface area contributed by atoms with Crippen LogP contribution in [-0.2, 0) is 17.5 Å². The summed E-state index contributed by atoms with van der Waals surface area (Å²) in [6.07, 6.45) is 5.49. The number of β-amino-alcohol motifs (C(OH)–C–C–N with tert-alkyl or cyclic N) is 1. The van der Waals surface area contributed by atoms with Crippen LogP contribution < -0.4 is 19.9 Å². The summed E-state index contributed by atoms with van der Waals surface area (Å²) in [4.78, 5) is 45.8. The molecule has 1 aliphatic heterocycles. The monoisotopic (exact) mass is 666 g/mol. The maximum Gasteiger partial charge on any atom is 0.421 e. The summed E-state index contributed by atoms with van der Waals surface area (Å²) in [7, 11) is 1.47. The molecule has 0 atom stereocenters. The molecule has 17 heteroatoms. The van der Waals surface area contributed by atoms with Gasteiger partial charge in [-0.15, -0.1) is 0 Å². The highest BCUT2D eigenvalue weighted by Crippen LogP contribution is 2.39. The first-order valence-corrected chi connectivity index (χ1v) is 15.2. The average Bonchev–Trinajstić information content (AvgIpc) is 3.07. The maximum atomic E-state index is 13.7. The number of amides is 1. The molecule has 6 rings (SSSR count). The van der Waals surface area contributed by atoms with Gasteiger partial charge in [-0.2, -0.15) is 18.2 Å². The highest BCUT2D eigenvalue weighted by Gasteiger charge is 2.43. The van der Waals surface area contributed by atoms with Gasteiger partial charge < -0.3 is 24.8 Å². The number of hydrogen-bond acceptors (Lipinski definition) is 13. The zero-order chi connectivity index (χ0) is 33.9. The van der Waals surface area contributed by atoms with Crippen LogP contribution in [-0.4, -0.2) is 84.0 Å². The Morgan fingerprint density at radius 3 is 2.25 bits per heavy atom. The van der Waals surface area contributed by atoms with Crippen LogP contribution in [0.1, 0.15) is 43.9 Å². The van der Waals surface area contributed by atoms with E-state index >= 15 is 0 Å². The summed E-state index contributed by atoms with van der Waals surface area (Å²) in [6, 6.07) is 5.02. The zero-order valence-corrected chi connectivity index (χ0v) is 26.1. The molecule has 14 nitrogen and oxygen atoms in total. The standard InChI is InChI=1S/C31H33F3N10O4/c1-30(46)17-43(18-30)25-24(31(32,33)34)15-36-26(42-25)41-21-6-8-23(9-7-21)44(29(45)48-16-22-5-3-4-10-35-22)27-37-11-19(12-38-27)20-13-39-28(47-2)40-14-20/h3-5,10-15,21,23,46H,6-9,16-18H2,1-2H3,(H,36,41,42)/t21-,23-. The summed E-state index contributed by atoms with van der Waals surface area (Å²) >= 11 is 0. The molecule has 2 N–H and O–H groups in total. The Balaban J connectivity index is 1.16. The van der Waals surface area contributed by atoms with Gasteiger partial charge in [-0.1, -0.05) is 6.07 Å². The second kappa shape index (κ2) is 13.5. The number of aliphatic hydroxyl groups is 1. The number of hydrogen-bond donors (Lipinski definition) is 2. The zero-order valence-electron chi connectivity index (χ0n) is 26.1. The molecular formula is C31H33F3N10O4. The van der Waals surface area contributed by atoms with Crippen molar-refractivity contribution in [1.29, 1.82) is 0 Å². The van der Waals surface area contributed by atoms with Crippen LogP contribution in [0.4, 0.5) is 35.7 Å². The molecule has 1 saturated carbocycles. The van der Waals surface area contributed by atoms with Gasteiger partial charge in [0.1, 0.15) is 18.0 Å². The van der Waals surface area contributed by atoms with E-state index in [0.717, 1.165) is 6.20 Å². The van der Waals surface area contributed by atoms with Gasteiger partial charge in [-0.25, -0.2) is 34.6 Å². The minimum Gasteiger partial charge on any atom is -0.467 e. The van der Waals surface area contributed by atoms with Crippen molar-refractivity contribution in [2.45, 2.75) is 63.1 Å². The van der Waals surface area contributed by atoms with E-state index in [9.17, 15) is 23.1 Å². The molecule has 0 spiro atoms. The van der Waals surface area contributed by atoms with Crippen molar-refractivity contribution >= 4 is 23.8 Å². The van der Waals surface area contributed by atoms with Crippen molar-refractivity contribution in [2.24, 2.45) is 0 Å². The summed E-state index contributed by atoms with van der Waals surface area (Å²) in [5.74, 6) is -0.0679. The number of carbonyl (C=O) groups is 1. The fourth-order valence-electron chi connectivity index (χ4n) is 5.72. The molecule has 48 heavy (non-hydrogen) atoms. The van der Waals surface area contributed by atoms with Crippen LogP contribution in [0.2, 0.25) is 0 Å². The fraction of sp³-hybridized carbons (Fsp3) is 0.419. The quantitative estimate of drug-likeness (QED) is 0.260. The van der Waals surface area contributed by atoms with Crippen LogP contribution in [0.15, 0.2) is 55.4 Å². The maximum absolute atomic E-state index is 13.7. The van der Waals surface area contributed by atoms with Crippen LogP contribution in [0, 0.1) is 0 Å². The molecule has 0 bridgehead atoms. The molecule has 2 aliphatic rings. The second-order valence-corrected chi connectivity index (χ2v) is 11.9. The first-order valence-electron chi connectivity index (χ1n) is 15.2. The van der Waals surface area contributed by atoms with Crippen molar-refractivity contribution < 1.29 is 32.5 Å². The number of methoxy groups -OCH3 is 1. The molecule has 0 unspecified atom stereocenters. The normalized spacial score (nSPS) is 18.8. The van der Waals surface area contributed by atoms with Gasteiger partial charge in [0.25, 0.3) is 0 Å². The fourth-order valence-corrected chi connectivity index (χ4v) is 5.72. The van der Waals surface area contributed by atoms with Crippen molar-refractivity contribution in [3.05, 3.63) is 66.6 Å². The molecule has 1 aliphatic carbocycles. The smallest absolute Gasteiger partial charge is 0.421 e. The number of ether oxygens (including phenoxy) is 2. The molecule has 0 aromatic carbocycles. The summed E-state index contributed by atoms with van der Waals surface area (Å²) in [6.45, 7) is 1.57. The van der Waals surface area contributed by atoms with Gasteiger partial charge >= 0.3 is 18.3 Å².